The van der Waals surface area contributed by atoms with Crippen molar-refractivity contribution in [3.8, 4) is 0 Å². The van der Waals surface area contributed by atoms with Gasteiger partial charge in [0, 0.05) is 24.3 Å². The maximum Gasteiger partial charge on any atom is 0.0396 e. The van der Waals surface area contributed by atoms with Gasteiger partial charge in [0.25, 0.3) is 0 Å². The average Bonchev–Trinajstić information content (AvgIpc) is 2.42. The van der Waals surface area contributed by atoms with E-state index in [2.05, 4.69) is 71.3 Å². The van der Waals surface area contributed by atoms with Crippen LogP contribution in [0.15, 0.2) is 40.9 Å². The van der Waals surface area contributed by atoms with E-state index in [-0.39, 0.29) is 0 Å². The summed E-state index contributed by atoms with van der Waals surface area (Å²) in [5.41, 5.74) is 7.06. The van der Waals surface area contributed by atoms with Crippen LogP contribution in [0.4, 0.5) is 5.69 Å². The van der Waals surface area contributed by atoms with Crippen LogP contribution in [0.3, 0.4) is 0 Å². The van der Waals surface area contributed by atoms with Gasteiger partial charge in [-0.05, 0) is 60.1 Å². The fourth-order valence-corrected chi connectivity index (χ4v) is 3.52. The lowest BCUT2D eigenvalue weighted by atomic mass is 9.95. The number of rotatable bonds is 1. The molecule has 20 heavy (non-hydrogen) atoms. The van der Waals surface area contributed by atoms with E-state index in [0.29, 0.717) is 0 Å². The number of anilines is 1. The summed E-state index contributed by atoms with van der Waals surface area (Å²) >= 11 is 3.72. The standard InChI is InChI=1S/C18H20BrN/c1-20(2)18-12-14-4-8-15-7-3-13(11-17(15)19)5-9-16(18)10-6-14/h3,6-7,10-12H,4-5,8-9H2,1-2H3. The number of halogens is 1. The molecule has 0 atom stereocenters. The highest BCUT2D eigenvalue weighted by Gasteiger charge is 2.10. The van der Waals surface area contributed by atoms with E-state index in [9.17, 15) is 0 Å². The summed E-state index contributed by atoms with van der Waals surface area (Å²) in [6, 6.07) is 13.8. The fourth-order valence-electron chi connectivity index (χ4n) is 2.90. The van der Waals surface area contributed by atoms with Gasteiger partial charge >= 0.3 is 0 Å². The molecule has 2 heteroatoms. The van der Waals surface area contributed by atoms with Gasteiger partial charge in [-0.25, -0.2) is 0 Å². The van der Waals surface area contributed by atoms with Crippen molar-refractivity contribution in [3.63, 3.8) is 0 Å². The van der Waals surface area contributed by atoms with Gasteiger partial charge in [-0.15, -0.1) is 0 Å². The summed E-state index contributed by atoms with van der Waals surface area (Å²) in [5, 5.41) is 0. The predicted octanol–water partition coefficient (Wildman–Crippen LogP) is 4.40. The molecule has 0 N–H and O–H groups in total. The van der Waals surface area contributed by atoms with Gasteiger partial charge in [0.2, 0.25) is 0 Å². The molecular formula is C18H20BrN. The summed E-state index contributed by atoms with van der Waals surface area (Å²) in [7, 11) is 4.28. The van der Waals surface area contributed by atoms with Crippen LogP contribution in [0.2, 0.25) is 0 Å². The number of benzene rings is 2. The van der Waals surface area contributed by atoms with E-state index < -0.39 is 0 Å². The summed E-state index contributed by atoms with van der Waals surface area (Å²) < 4.78 is 1.26. The normalized spacial score (nSPS) is 13.9. The monoisotopic (exact) mass is 329 g/mol. The zero-order chi connectivity index (χ0) is 14.1. The highest BCUT2D eigenvalue weighted by molar-refractivity contribution is 9.10. The van der Waals surface area contributed by atoms with Crippen molar-refractivity contribution in [1.82, 2.24) is 0 Å². The molecule has 104 valence electrons. The lowest BCUT2D eigenvalue weighted by Crippen LogP contribution is -2.12. The first-order chi connectivity index (χ1) is 9.63. The molecule has 4 bridgehead atoms. The Hall–Kier alpha value is -1.28. The third kappa shape index (κ3) is 2.76. The second-order valence-corrected chi connectivity index (χ2v) is 6.64. The minimum atomic E-state index is 1.09. The lowest BCUT2D eigenvalue weighted by molar-refractivity contribution is 0.908. The Kier molecular flexibility index (Phi) is 3.84. The Labute approximate surface area is 129 Å². The van der Waals surface area contributed by atoms with Gasteiger partial charge in [-0.2, -0.15) is 0 Å². The van der Waals surface area contributed by atoms with Crippen LogP contribution in [0.1, 0.15) is 22.3 Å². The average molecular weight is 330 g/mol. The first kappa shape index (κ1) is 13.7. The molecule has 6 rings (SSSR count). The van der Waals surface area contributed by atoms with Crippen LogP contribution in [-0.4, -0.2) is 14.1 Å². The predicted molar refractivity (Wildman–Crippen MR) is 89.7 cm³/mol. The number of hydrogen-bond donors (Lipinski definition) is 0. The van der Waals surface area contributed by atoms with Gasteiger partial charge in [-0.1, -0.05) is 40.2 Å². The molecule has 0 saturated carbocycles. The van der Waals surface area contributed by atoms with Gasteiger partial charge in [-0.3, -0.25) is 0 Å². The van der Waals surface area contributed by atoms with E-state index in [1.807, 2.05) is 0 Å². The second-order valence-electron chi connectivity index (χ2n) is 5.78. The van der Waals surface area contributed by atoms with Crippen LogP contribution in [0.5, 0.6) is 0 Å². The van der Waals surface area contributed by atoms with Crippen molar-refractivity contribution in [2.45, 2.75) is 25.7 Å². The molecule has 0 fully saturated rings. The Balaban J connectivity index is 2.03. The Morgan fingerprint density at radius 2 is 1.40 bits per heavy atom. The molecule has 0 unspecified atom stereocenters. The molecule has 0 saturated heterocycles. The largest absolute Gasteiger partial charge is 0.377 e. The first-order valence-corrected chi connectivity index (χ1v) is 7.99. The van der Waals surface area contributed by atoms with Crippen molar-refractivity contribution in [2.75, 3.05) is 19.0 Å². The molecule has 2 aromatic carbocycles. The quantitative estimate of drug-likeness (QED) is 0.749. The first-order valence-electron chi connectivity index (χ1n) is 7.20. The molecule has 1 nitrogen and oxygen atoms in total. The SMILES string of the molecule is CN(C)c1cc2ccc1CCc1ccc(c(Br)c1)CC2. The minimum Gasteiger partial charge on any atom is -0.377 e. The molecule has 0 heterocycles. The summed E-state index contributed by atoms with van der Waals surface area (Å²) in [6.45, 7) is 0. The molecule has 0 amide bonds. The highest BCUT2D eigenvalue weighted by atomic mass is 79.9. The van der Waals surface area contributed by atoms with Gasteiger partial charge in [0.1, 0.15) is 0 Å². The van der Waals surface area contributed by atoms with Crippen molar-refractivity contribution in [2.24, 2.45) is 0 Å². The fraction of sp³-hybridized carbons (Fsp3) is 0.333. The summed E-state index contributed by atoms with van der Waals surface area (Å²) in [4.78, 5) is 2.24. The van der Waals surface area contributed by atoms with Crippen LogP contribution in [-0.2, 0) is 25.7 Å². The van der Waals surface area contributed by atoms with Crippen LogP contribution in [0, 0.1) is 0 Å². The Bertz CT molecular complexity index is 631. The lowest BCUT2D eigenvalue weighted by Gasteiger charge is -2.20. The van der Waals surface area contributed by atoms with Crippen molar-refractivity contribution < 1.29 is 0 Å². The summed E-state index contributed by atoms with van der Waals surface area (Å²) in [6.07, 6.45) is 4.38. The van der Waals surface area contributed by atoms with E-state index in [1.54, 1.807) is 0 Å². The maximum atomic E-state index is 3.72. The molecule has 0 aromatic heterocycles. The van der Waals surface area contributed by atoms with Crippen LogP contribution >= 0.6 is 15.9 Å². The minimum absolute atomic E-state index is 1.09. The number of hydrogen-bond acceptors (Lipinski definition) is 1. The molecule has 4 aliphatic carbocycles. The van der Waals surface area contributed by atoms with E-state index in [1.165, 1.54) is 32.4 Å². The van der Waals surface area contributed by atoms with Crippen molar-refractivity contribution in [3.05, 3.63) is 63.1 Å². The van der Waals surface area contributed by atoms with E-state index in [0.717, 1.165) is 25.7 Å². The molecule has 0 radical (unpaired) electrons. The van der Waals surface area contributed by atoms with Gasteiger partial charge < -0.3 is 4.90 Å². The number of aryl methyl sites for hydroxylation is 4. The molecular weight excluding hydrogens is 310 g/mol. The van der Waals surface area contributed by atoms with Crippen LogP contribution < -0.4 is 4.90 Å². The Morgan fingerprint density at radius 1 is 0.800 bits per heavy atom. The van der Waals surface area contributed by atoms with Crippen LogP contribution in [0.25, 0.3) is 0 Å². The van der Waals surface area contributed by atoms with E-state index >= 15 is 0 Å². The topological polar surface area (TPSA) is 3.24 Å². The Morgan fingerprint density at radius 3 is 2.05 bits per heavy atom. The van der Waals surface area contributed by atoms with Crippen molar-refractivity contribution >= 4 is 21.6 Å². The highest BCUT2D eigenvalue weighted by Crippen LogP contribution is 2.27. The van der Waals surface area contributed by atoms with Gasteiger partial charge in [0.15, 0.2) is 0 Å². The van der Waals surface area contributed by atoms with Crippen molar-refractivity contribution in [1.29, 1.82) is 0 Å². The van der Waals surface area contributed by atoms with Gasteiger partial charge in [0.05, 0.1) is 0 Å². The number of nitrogens with zero attached hydrogens (tertiary/aromatic N) is 1. The zero-order valence-electron chi connectivity index (χ0n) is 12.1. The smallest absolute Gasteiger partial charge is 0.0396 e. The molecule has 2 aromatic rings. The second kappa shape index (κ2) is 5.61. The maximum absolute atomic E-state index is 3.72. The third-order valence-corrected chi connectivity index (χ3v) is 4.85. The molecule has 0 spiro atoms. The van der Waals surface area contributed by atoms with E-state index in [4.69, 9.17) is 0 Å². The summed E-state index contributed by atoms with van der Waals surface area (Å²) in [5.74, 6) is 0. The molecule has 0 aliphatic heterocycles. The molecule has 4 aliphatic rings. The zero-order valence-corrected chi connectivity index (χ0v) is 13.7. The third-order valence-electron chi connectivity index (χ3n) is 4.12.